The van der Waals surface area contributed by atoms with Gasteiger partial charge in [0.15, 0.2) is 0 Å². The Kier molecular flexibility index (Phi) is 5.00. The molecule has 2 aromatic rings. The van der Waals surface area contributed by atoms with E-state index in [4.69, 9.17) is 4.42 Å². The maximum Gasteiger partial charge on any atom is 0.253 e. The number of amides is 1. The topological polar surface area (TPSA) is 57.5 Å². The zero-order chi connectivity index (χ0) is 15.2. The average Bonchev–Trinajstić information content (AvgIpc) is 3.01. The lowest BCUT2D eigenvalue weighted by atomic mass is 10.1. The molecule has 21 heavy (non-hydrogen) atoms. The fraction of sp³-hybridized carbons (Fsp3) is 0.312. The van der Waals surface area contributed by atoms with Crippen molar-refractivity contribution in [2.45, 2.75) is 6.04 Å². The van der Waals surface area contributed by atoms with Gasteiger partial charge in [0.2, 0.25) is 0 Å². The molecule has 0 saturated heterocycles. The van der Waals surface area contributed by atoms with Crippen LogP contribution in [0.4, 0.5) is 5.69 Å². The van der Waals surface area contributed by atoms with E-state index in [1.807, 2.05) is 49.3 Å². The molecule has 0 bridgehead atoms. The first-order chi connectivity index (χ1) is 10.1. The number of furan rings is 1. The molecule has 1 aromatic carbocycles. The lowest BCUT2D eigenvalue weighted by molar-refractivity contribution is 0.0940. The van der Waals surface area contributed by atoms with Crippen molar-refractivity contribution in [3.63, 3.8) is 0 Å². The summed E-state index contributed by atoms with van der Waals surface area (Å²) in [4.78, 5) is 14.3. The molecule has 5 nitrogen and oxygen atoms in total. The highest BCUT2D eigenvalue weighted by atomic mass is 16.3. The van der Waals surface area contributed by atoms with Gasteiger partial charge in [-0.15, -0.1) is 0 Å². The second-order valence-corrected chi connectivity index (χ2v) is 5.00. The summed E-state index contributed by atoms with van der Waals surface area (Å²) in [5.41, 5.74) is 1.45. The molecule has 1 unspecified atom stereocenters. The number of likely N-dealkylation sites (N-methyl/N-ethyl adjacent to an activating group) is 1. The van der Waals surface area contributed by atoms with Crippen molar-refractivity contribution in [3.05, 3.63) is 54.0 Å². The lowest BCUT2D eigenvalue weighted by Crippen LogP contribution is -2.34. The summed E-state index contributed by atoms with van der Waals surface area (Å²) >= 11 is 0. The van der Waals surface area contributed by atoms with Crippen LogP contribution in [0, 0.1) is 0 Å². The van der Waals surface area contributed by atoms with Crippen molar-refractivity contribution >= 4 is 11.6 Å². The lowest BCUT2D eigenvalue weighted by Gasteiger charge is -2.22. The van der Waals surface area contributed by atoms with Crippen LogP contribution in [0.2, 0.25) is 0 Å². The van der Waals surface area contributed by atoms with Gasteiger partial charge in [-0.25, -0.2) is 0 Å². The molecule has 0 aliphatic rings. The molecule has 1 heterocycles. The summed E-state index contributed by atoms with van der Waals surface area (Å²) in [7, 11) is 5.72. The zero-order valence-electron chi connectivity index (χ0n) is 12.6. The van der Waals surface area contributed by atoms with Crippen molar-refractivity contribution in [3.8, 4) is 0 Å². The van der Waals surface area contributed by atoms with Gasteiger partial charge in [0.1, 0.15) is 5.76 Å². The van der Waals surface area contributed by atoms with Crippen LogP contribution in [-0.2, 0) is 0 Å². The zero-order valence-corrected chi connectivity index (χ0v) is 12.6. The number of para-hydroxylation sites is 1. The monoisotopic (exact) mass is 287 g/mol. The fourth-order valence-electron chi connectivity index (χ4n) is 2.20. The SMILES string of the molecule is CNc1ccccc1C(=O)NCC(c1ccco1)N(C)C. The van der Waals surface area contributed by atoms with Crippen LogP contribution in [0.25, 0.3) is 0 Å². The van der Waals surface area contributed by atoms with Crippen LogP contribution in [0.1, 0.15) is 22.2 Å². The Hall–Kier alpha value is -2.27. The third kappa shape index (κ3) is 3.64. The number of anilines is 1. The van der Waals surface area contributed by atoms with E-state index in [2.05, 4.69) is 10.6 Å². The average molecular weight is 287 g/mol. The Labute approximate surface area is 124 Å². The fourth-order valence-corrected chi connectivity index (χ4v) is 2.20. The summed E-state index contributed by atoms with van der Waals surface area (Å²) in [5.74, 6) is 0.737. The highest BCUT2D eigenvalue weighted by Crippen LogP contribution is 2.18. The Morgan fingerprint density at radius 2 is 2.00 bits per heavy atom. The van der Waals surface area contributed by atoms with Crippen molar-refractivity contribution in [2.75, 3.05) is 33.0 Å². The van der Waals surface area contributed by atoms with Crippen molar-refractivity contribution in [1.29, 1.82) is 0 Å². The largest absolute Gasteiger partial charge is 0.468 e. The van der Waals surface area contributed by atoms with E-state index in [1.54, 1.807) is 19.4 Å². The van der Waals surface area contributed by atoms with Crippen molar-refractivity contribution in [2.24, 2.45) is 0 Å². The highest BCUT2D eigenvalue weighted by molar-refractivity contribution is 5.99. The number of hydrogen-bond donors (Lipinski definition) is 2. The predicted molar refractivity (Wildman–Crippen MR) is 83.5 cm³/mol. The Balaban J connectivity index is 2.06. The number of nitrogens with zero attached hydrogens (tertiary/aromatic N) is 1. The van der Waals surface area contributed by atoms with Crippen LogP contribution in [0.15, 0.2) is 47.1 Å². The van der Waals surface area contributed by atoms with Gasteiger partial charge < -0.3 is 15.1 Å². The standard InChI is InChI=1S/C16H21N3O2/c1-17-13-8-5-4-7-12(13)16(20)18-11-14(19(2)3)15-9-6-10-21-15/h4-10,14,17H,11H2,1-3H3,(H,18,20). The number of nitrogens with one attached hydrogen (secondary N) is 2. The van der Waals surface area contributed by atoms with Crippen LogP contribution in [-0.4, -0.2) is 38.5 Å². The number of carbonyl (C=O) groups excluding carboxylic acids is 1. The van der Waals surface area contributed by atoms with Crippen LogP contribution in [0.3, 0.4) is 0 Å². The molecule has 0 aliphatic carbocycles. The Bertz CT molecular complexity index is 579. The summed E-state index contributed by atoms with van der Waals surface area (Å²) in [6.07, 6.45) is 1.64. The maximum absolute atomic E-state index is 12.3. The molecule has 1 atom stereocenters. The second-order valence-electron chi connectivity index (χ2n) is 5.00. The Morgan fingerprint density at radius 1 is 1.24 bits per heavy atom. The van der Waals surface area contributed by atoms with E-state index in [1.165, 1.54) is 0 Å². The number of hydrogen-bond acceptors (Lipinski definition) is 4. The molecule has 0 fully saturated rings. The van der Waals surface area contributed by atoms with Crippen LogP contribution >= 0.6 is 0 Å². The normalized spacial score (nSPS) is 12.2. The van der Waals surface area contributed by atoms with Gasteiger partial charge in [0.25, 0.3) is 5.91 Å². The van der Waals surface area contributed by atoms with Crippen molar-refractivity contribution < 1.29 is 9.21 Å². The molecular formula is C16H21N3O2. The molecule has 2 N–H and O–H groups in total. The van der Waals surface area contributed by atoms with Crippen molar-refractivity contribution in [1.82, 2.24) is 10.2 Å². The smallest absolute Gasteiger partial charge is 0.253 e. The quantitative estimate of drug-likeness (QED) is 0.856. The van der Waals surface area contributed by atoms with Gasteiger partial charge in [-0.05, 0) is 38.4 Å². The molecule has 0 aliphatic heterocycles. The molecule has 0 saturated carbocycles. The molecule has 1 aromatic heterocycles. The minimum Gasteiger partial charge on any atom is -0.468 e. The predicted octanol–water partition coefficient (Wildman–Crippen LogP) is 2.35. The molecule has 1 amide bonds. The number of rotatable bonds is 6. The Morgan fingerprint density at radius 3 is 2.62 bits per heavy atom. The number of benzene rings is 1. The van der Waals surface area contributed by atoms with Crippen LogP contribution < -0.4 is 10.6 Å². The van der Waals surface area contributed by atoms with E-state index < -0.39 is 0 Å². The summed E-state index contributed by atoms with van der Waals surface area (Å²) in [6.45, 7) is 0.484. The van der Waals surface area contributed by atoms with E-state index in [9.17, 15) is 4.79 Å². The molecular weight excluding hydrogens is 266 g/mol. The van der Waals surface area contributed by atoms with Gasteiger partial charge in [-0.2, -0.15) is 0 Å². The molecule has 0 radical (unpaired) electrons. The molecule has 0 spiro atoms. The highest BCUT2D eigenvalue weighted by Gasteiger charge is 2.19. The first kappa shape index (κ1) is 15.1. The van der Waals surface area contributed by atoms with Gasteiger partial charge in [-0.1, -0.05) is 12.1 Å². The molecule has 5 heteroatoms. The first-order valence-corrected chi connectivity index (χ1v) is 6.88. The van der Waals surface area contributed by atoms with E-state index in [0.717, 1.165) is 11.4 Å². The van der Waals surface area contributed by atoms with Gasteiger partial charge in [0, 0.05) is 19.3 Å². The van der Waals surface area contributed by atoms with Gasteiger partial charge in [0.05, 0.1) is 17.9 Å². The van der Waals surface area contributed by atoms with Gasteiger partial charge in [-0.3, -0.25) is 9.69 Å². The maximum atomic E-state index is 12.3. The van der Waals surface area contributed by atoms with Gasteiger partial charge >= 0.3 is 0 Å². The summed E-state index contributed by atoms with van der Waals surface area (Å²) < 4.78 is 5.43. The third-order valence-corrected chi connectivity index (χ3v) is 3.39. The molecule has 2 rings (SSSR count). The van der Waals surface area contributed by atoms with E-state index in [0.29, 0.717) is 12.1 Å². The second kappa shape index (κ2) is 6.95. The minimum absolute atomic E-state index is 0.00528. The first-order valence-electron chi connectivity index (χ1n) is 6.88. The number of carbonyl (C=O) groups is 1. The van der Waals surface area contributed by atoms with Crippen LogP contribution in [0.5, 0.6) is 0 Å². The summed E-state index contributed by atoms with van der Waals surface area (Å²) in [5, 5.41) is 5.99. The molecule has 112 valence electrons. The van der Waals surface area contributed by atoms with E-state index >= 15 is 0 Å². The summed E-state index contributed by atoms with van der Waals surface area (Å²) in [6, 6.07) is 11.2. The minimum atomic E-state index is -0.0987. The van der Waals surface area contributed by atoms with E-state index in [-0.39, 0.29) is 11.9 Å². The third-order valence-electron chi connectivity index (χ3n) is 3.39.